The lowest BCUT2D eigenvalue weighted by Crippen LogP contribution is -2.02. The molecule has 4 aromatic rings. The van der Waals surface area contributed by atoms with Crippen LogP contribution in [0.1, 0.15) is 16.1 Å². The zero-order valence-corrected chi connectivity index (χ0v) is 14.1. The molecule has 0 N–H and O–H groups in total. The van der Waals surface area contributed by atoms with Crippen LogP contribution in [0.5, 0.6) is 5.75 Å². The molecule has 2 aromatic carbocycles. The molecule has 2 aromatic heterocycles. The fraction of sp³-hybridized carbons (Fsp3) is 0.222. The highest BCUT2D eigenvalue weighted by atomic mass is 32.1. The van der Waals surface area contributed by atoms with Gasteiger partial charge in [-0.3, -0.25) is 4.68 Å². The van der Waals surface area contributed by atoms with Crippen LogP contribution < -0.4 is 4.74 Å². The quantitative estimate of drug-likeness (QED) is 0.564. The predicted molar refractivity (Wildman–Crippen MR) is 94.5 cm³/mol. The Hall–Kier alpha value is -2.40. The topological polar surface area (TPSA) is 39.9 Å². The number of hydrogen-bond donors (Lipinski definition) is 0. The van der Waals surface area contributed by atoms with Gasteiger partial charge in [-0.1, -0.05) is 12.1 Å². The molecule has 0 spiro atoms. The Morgan fingerprint density at radius 3 is 2.70 bits per heavy atom. The van der Waals surface area contributed by atoms with Gasteiger partial charge in [0.1, 0.15) is 5.75 Å². The zero-order chi connectivity index (χ0) is 16.0. The monoisotopic (exact) mass is 323 g/mol. The molecule has 4 nitrogen and oxygen atoms in total. The highest BCUT2D eigenvalue weighted by molar-refractivity contribution is 7.18. The number of fused-ring (bicyclic) bond motifs is 3. The average Bonchev–Trinajstić information content (AvgIpc) is 3.11. The highest BCUT2D eigenvalue weighted by Crippen LogP contribution is 2.31. The van der Waals surface area contributed by atoms with E-state index in [1.165, 1.54) is 21.3 Å². The summed E-state index contributed by atoms with van der Waals surface area (Å²) in [6.45, 7) is 4.93. The second kappa shape index (κ2) is 5.35. The lowest BCUT2D eigenvalue weighted by Gasteiger charge is -2.07. The molecule has 4 rings (SSSR count). The summed E-state index contributed by atoms with van der Waals surface area (Å²) >= 11 is 1.74. The predicted octanol–water partition coefficient (Wildman–Crippen LogP) is 4.32. The summed E-state index contributed by atoms with van der Waals surface area (Å²) in [5.74, 6) is 0.870. The summed E-state index contributed by atoms with van der Waals surface area (Å²) < 4.78 is 8.50. The van der Waals surface area contributed by atoms with Crippen LogP contribution in [-0.4, -0.2) is 21.9 Å². The number of hydrogen-bond acceptors (Lipinski definition) is 4. The Kier molecular flexibility index (Phi) is 3.31. The molecule has 0 saturated carbocycles. The van der Waals surface area contributed by atoms with Crippen molar-refractivity contribution in [2.75, 3.05) is 7.11 Å². The van der Waals surface area contributed by atoms with Crippen molar-refractivity contribution in [1.82, 2.24) is 14.8 Å². The van der Waals surface area contributed by atoms with E-state index in [0.29, 0.717) is 0 Å². The van der Waals surface area contributed by atoms with Crippen LogP contribution in [0.4, 0.5) is 0 Å². The van der Waals surface area contributed by atoms with Gasteiger partial charge in [-0.2, -0.15) is 5.10 Å². The Morgan fingerprint density at radius 1 is 1.17 bits per heavy atom. The number of thiazole rings is 1. The minimum Gasteiger partial charge on any atom is -0.497 e. The molecule has 0 saturated heterocycles. The molecule has 2 heterocycles. The molecule has 0 bridgehead atoms. The number of methoxy groups -OCH3 is 1. The van der Waals surface area contributed by atoms with E-state index in [0.717, 1.165) is 28.2 Å². The second-order valence-electron chi connectivity index (χ2n) is 5.69. The zero-order valence-electron chi connectivity index (χ0n) is 13.3. The molecule has 0 unspecified atom stereocenters. The molecular weight excluding hydrogens is 306 g/mol. The first-order chi connectivity index (χ1) is 11.2. The molecule has 116 valence electrons. The third kappa shape index (κ3) is 2.37. The number of aryl methyl sites for hydroxylation is 2. The highest BCUT2D eigenvalue weighted by Gasteiger charge is 2.13. The van der Waals surface area contributed by atoms with Crippen LogP contribution in [0.25, 0.3) is 21.1 Å². The van der Waals surface area contributed by atoms with Crippen molar-refractivity contribution >= 4 is 32.5 Å². The molecule has 0 aliphatic rings. The van der Waals surface area contributed by atoms with Crippen LogP contribution >= 0.6 is 11.3 Å². The minimum absolute atomic E-state index is 0.739. The van der Waals surface area contributed by atoms with Crippen LogP contribution in [0.2, 0.25) is 0 Å². The lowest BCUT2D eigenvalue weighted by molar-refractivity contribution is 0.414. The van der Waals surface area contributed by atoms with Crippen LogP contribution in [0.3, 0.4) is 0 Å². The van der Waals surface area contributed by atoms with Gasteiger partial charge in [-0.05, 0) is 43.2 Å². The number of benzene rings is 2. The van der Waals surface area contributed by atoms with Gasteiger partial charge in [0.2, 0.25) is 0 Å². The standard InChI is InChI=1S/C18H17N3OS/c1-11-8-16-17(20-12(2)23-16)15-9-19-21(18(11)15)10-13-4-6-14(22-3)7-5-13/h4-9H,10H2,1-3H3. The Balaban J connectivity index is 1.82. The van der Waals surface area contributed by atoms with Gasteiger partial charge >= 0.3 is 0 Å². The first-order valence-corrected chi connectivity index (χ1v) is 8.32. The maximum absolute atomic E-state index is 5.21. The summed E-state index contributed by atoms with van der Waals surface area (Å²) in [6, 6.07) is 10.3. The Labute approximate surface area is 138 Å². The first kappa shape index (κ1) is 14.2. The molecule has 23 heavy (non-hydrogen) atoms. The molecule has 0 aliphatic carbocycles. The van der Waals surface area contributed by atoms with Crippen molar-refractivity contribution in [3.05, 3.63) is 52.7 Å². The van der Waals surface area contributed by atoms with Gasteiger partial charge in [0.15, 0.2) is 0 Å². The summed E-state index contributed by atoms with van der Waals surface area (Å²) in [5.41, 5.74) is 4.67. The third-order valence-electron chi connectivity index (χ3n) is 4.07. The third-order valence-corrected chi connectivity index (χ3v) is 4.99. The van der Waals surface area contributed by atoms with E-state index in [2.05, 4.69) is 39.9 Å². The van der Waals surface area contributed by atoms with Crippen molar-refractivity contribution in [2.45, 2.75) is 20.4 Å². The molecule has 0 fully saturated rings. The van der Waals surface area contributed by atoms with E-state index >= 15 is 0 Å². The van der Waals surface area contributed by atoms with Crippen molar-refractivity contribution in [3.63, 3.8) is 0 Å². The van der Waals surface area contributed by atoms with Crippen molar-refractivity contribution in [2.24, 2.45) is 0 Å². The van der Waals surface area contributed by atoms with Gasteiger partial charge in [0.25, 0.3) is 0 Å². The fourth-order valence-corrected chi connectivity index (χ4v) is 3.94. The number of ether oxygens (including phenoxy) is 1. The van der Waals surface area contributed by atoms with E-state index < -0.39 is 0 Å². The van der Waals surface area contributed by atoms with Crippen LogP contribution in [0.15, 0.2) is 36.5 Å². The molecule has 5 heteroatoms. The van der Waals surface area contributed by atoms with E-state index in [1.807, 2.05) is 25.3 Å². The van der Waals surface area contributed by atoms with Gasteiger partial charge in [0.05, 0.1) is 40.6 Å². The molecule has 0 atom stereocenters. The summed E-state index contributed by atoms with van der Waals surface area (Å²) in [7, 11) is 1.68. The van der Waals surface area contributed by atoms with Gasteiger partial charge in [0, 0.05) is 5.39 Å². The van der Waals surface area contributed by atoms with Crippen LogP contribution in [-0.2, 0) is 6.54 Å². The average molecular weight is 323 g/mol. The van der Waals surface area contributed by atoms with E-state index in [1.54, 1.807) is 18.4 Å². The van der Waals surface area contributed by atoms with Crippen LogP contribution in [0, 0.1) is 13.8 Å². The summed E-state index contributed by atoms with van der Waals surface area (Å²) in [4.78, 5) is 4.67. The van der Waals surface area contributed by atoms with E-state index in [4.69, 9.17) is 4.74 Å². The Morgan fingerprint density at radius 2 is 1.96 bits per heavy atom. The Bertz CT molecular complexity index is 999. The first-order valence-electron chi connectivity index (χ1n) is 7.51. The molecule has 0 radical (unpaired) electrons. The van der Waals surface area contributed by atoms with Gasteiger partial charge in [-0.15, -0.1) is 11.3 Å². The van der Waals surface area contributed by atoms with Gasteiger partial charge in [-0.25, -0.2) is 4.98 Å². The lowest BCUT2D eigenvalue weighted by atomic mass is 10.1. The van der Waals surface area contributed by atoms with E-state index in [-0.39, 0.29) is 0 Å². The fourth-order valence-electron chi connectivity index (χ4n) is 3.00. The maximum Gasteiger partial charge on any atom is 0.118 e. The summed E-state index contributed by atoms with van der Waals surface area (Å²) in [6.07, 6.45) is 1.94. The number of nitrogens with zero attached hydrogens (tertiary/aromatic N) is 3. The normalized spacial score (nSPS) is 11.4. The van der Waals surface area contributed by atoms with Gasteiger partial charge < -0.3 is 4.74 Å². The SMILES string of the molecule is COc1ccc(Cn2ncc3c4nc(C)sc4cc(C)c32)cc1. The minimum atomic E-state index is 0.739. The van der Waals surface area contributed by atoms with E-state index in [9.17, 15) is 0 Å². The number of aromatic nitrogens is 3. The largest absolute Gasteiger partial charge is 0.497 e. The smallest absolute Gasteiger partial charge is 0.118 e. The van der Waals surface area contributed by atoms with Crippen molar-refractivity contribution in [1.29, 1.82) is 0 Å². The van der Waals surface area contributed by atoms with Crippen molar-refractivity contribution < 1.29 is 4.74 Å². The van der Waals surface area contributed by atoms with Crippen molar-refractivity contribution in [3.8, 4) is 5.75 Å². The molecular formula is C18H17N3OS. The summed E-state index contributed by atoms with van der Waals surface area (Å²) in [5, 5.41) is 6.83. The second-order valence-corrected chi connectivity index (χ2v) is 6.92. The number of rotatable bonds is 3. The maximum atomic E-state index is 5.21. The molecule has 0 aliphatic heterocycles. The molecule has 0 amide bonds.